The topological polar surface area (TPSA) is 63.6 Å². The third-order valence-corrected chi connectivity index (χ3v) is 1.82. The molecule has 1 N–H and O–H groups in total. The monoisotopic (exact) mass is 228 g/mol. The van der Waals surface area contributed by atoms with Gasteiger partial charge in [-0.25, -0.2) is 9.59 Å². The van der Waals surface area contributed by atoms with E-state index in [0.717, 1.165) is 5.56 Å². The molecule has 0 unspecified atom stereocenters. The molecule has 0 amide bonds. The van der Waals surface area contributed by atoms with Gasteiger partial charge >= 0.3 is 11.9 Å². The first-order chi connectivity index (χ1) is 6.99. The summed E-state index contributed by atoms with van der Waals surface area (Å²) in [5.41, 5.74) is 1.06. The van der Waals surface area contributed by atoms with Crippen LogP contribution in [0.4, 0.5) is 0 Å². The van der Waals surface area contributed by atoms with Gasteiger partial charge in [-0.05, 0) is 30.7 Å². The molecule has 80 valence electrons. The number of hydrogen-bond donors (Lipinski definition) is 1. The fourth-order valence-electron chi connectivity index (χ4n) is 1.06. The van der Waals surface area contributed by atoms with Gasteiger partial charge < -0.3 is 9.84 Å². The lowest BCUT2D eigenvalue weighted by molar-refractivity contribution is -0.140. The maximum Gasteiger partial charge on any atom is 0.341 e. The first-order valence-corrected chi connectivity index (χ1v) is 4.53. The van der Waals surface area contributed by atoms with Crippen molar-refractivity contribution >= 4 is 23.5 Å². The fourth-order valence-corrected chi connectivity index (χ4v) is 1.35. The highest BCUT2D eigenvalue weighted by Crippen LogP contribution is 2.15. The van der Waals surface area contributed by atoms with Crippen LogP contribution < -0.4 is 0 Å². The SMILES string of the molecule is Cc1cc(Cl)cc(C(=O)OCC(=O)O)c1. The Kier molecular flexibility index (Phi) is 3.68. The molecule has 0 aliphatic carbocycles. The Labute approximate surface area is 91.4 Å². The van der Waals surface area contributed by atoms with Gasteiger partial charge in [-0.1, -0.05) is 11.6 Å². The number of aryl methyl sites for hydroxylation is 1. The summed E-state index contributed by atoms with van der Waals surface area (Å²) in [5.74, 6) is -1.88. The summed E-state index contributed by atoms with van der Waals surface area (Å²) in [6.45, 7) is 1.13. The van der Waals surface area contributed by atoms with Crippen LogP contribution in [0.5, 0.6) is 0 Å². The van der Waals surface area contributed by atoms with E-state index in [-0.39, 0.29) is 5.56 Å². The second-order valence-corrected chi connectivity index (χ2v) is 3.42. The average molecular weight is 229 g/mol. The average Bonchev–Trinajstić information content (AvgIpc) is 2.12. The number of rotatable bonds is 3. The van der Waals surface area contributed by atoms with E-state index in [1.807, 2.05) is 0 Å². The van der Waals surface area contributed by atoms with E-state index in [4.69, 9.17) is 16.7 Å². The molecule has 0 aliphatic rings. The summed E-state index contributed by atoms with van der Waals surface area (Å²) >= 11 is 5.73. The molecule has 1 aromatic carbocycles. The van der Waals surface area contributed by atoms with E-state index in [1.165, 1.54) is 6.07 Å². The second kappa shape index (κ2) is 4.79. The number of halogens is 1. The highest BCUT2D eigenvalue weighted by atomic mass is 35.5. The molecule has 1 rings (SSSR count). The minimum atomic E-state index is -1.19. The standard InChI is InChI=1S/C10H9ClO4/c1-6-2-7(4-8(11)3-6)10(14)15-5-9(12)13/h2-4H,5H2,1H3,(H,12,13). The molecule has 0 bridgehead atoms. The van der Waals surface area contributed by atoms with Gasteiger partial charge in [0.1, 0.15) is 0 Å². The van der Waals surface area contributed by atoms with Gasteiger partial charge in [0.25, 0.3) is 0 Å². The maximum atomic E-state index is 11.3. The van der Waals surface area contributed by atoms with Crippen molar-refractivity contribution in [2.24, 2.45) is 0 Å². The van der Waals surface area contributed by atoms with Crippen LogP contribution >= 0.6 is 11.6 Å². The van der Waals surface area contributed by atoms with E-state index >= 15 is 0 Å². The van der Waals surface area contributed by atoms with Crippen molar-refractivity contribution in [2.45, 2.75) is 6.92 Å². The van der Waals surface area contributed by atoms with Crippen molar-refractivity contribution in [3.63, 3.8) is 0 Å². The van der Waals surface area contributed by atoms with Gasteiger partial charge in [-0.15, -0.1) is 0 Å². The Hall–Kier alpha value is -1.55. The zero-order valence-corrected chi connectivity index (χ0v) is 8.75. The highest BCUT2D eigenvalue weighted by molar-refractivity contribution is 6.31. The Morgan fingerprint density at radius 3 is 2.60 bits per heavy atom. The molecule has 0 aromatic heterocycles. The van der Waals surface area contributed by atoms with E-state index in [1.54, 1.807) is 19.1 Å². The van der Waals surface area contributed by atoms with E-state index in [0.29, 0.717) is 5.02 Å². The van der Waals surface area contributed by atoms with E-state index in [2.05, 4.69) is 4.74 Å². The van der Waals surface area contributed by atoms with Crippen LogP contribution in [0.3, 0.4) is 0 Å². The van der Waals surface area contributed by atoms with Gasteiger partial charge in [0.2, 0.25) is 0 Å². The quantitative estimate of drug-likeness (QED) is 0.803. The summed E-state index contributed by atoms with van der Waals surface area (Å²) in [4.78, 5) is 21.5. The van der Waals surface area contributed by atoms with Crippen molar-refractivity contribution in [2.75, 3.05) is 6.61 Å². The Morgan fingerprint density at radius 2 is 2.07 bits per heavy atom. The highest BCUT2D eigenvalue weighted by Gasteiger charge is 2.10. The number of carboxylic acid groups (broad SMARTS) is 1. The summed E-state index contributed by atoms with van der Waals surface area (Å²) in [5, 5.41) is 8.73. The van der Waals surface area contributed by atoms with Crippen LogP contribution in [0.15, 0.2) is 18.2 Å². The summed E-state index contributed by atoms with van der Waals surface area (Å²) in [6, 6.07) is 4.70. The van der Waals surface area contributed by atoms with Gasteiger partial charge in [-0.3, -0.25) is 0 Å². The number of carbonyl (C=O) groups is 2. The predicted octanol–water partition coefficient (Wildman–Crippen LogP) is 1.89. The summed E-state index contributed by atoms with van der Waals surface area (Å²) in [6.07, 6.45) is 0. The van der Waals surface area contributed by atoms with Crippen molar-refractivity contribution < 1.29 is 19.4 Å². The zero-order valence-electron chi connectivity index (χ0n) is 7.99. The Morgan fingerprint density at radius 1 is 1.40 bits per heavy atom. The van der Waals surface area contributed by atoms with Crippen molar-refractivity contribution in [3.8, 4) is 0 Å². The normalized spacial score (nSPS) is 9.73. The molecule has 0 atom stereocenters. The summed E-state index contributed by atoms with van der Waals surface area (Å²) < 4.78 is 4.50. The van der Waals surface area contributed by atoms with Crippen LogP contribution in [0.25, 0.3) is 0 Å². The van der Waals surface area contributed by atoms with Crippen LogP contribution in [-0.2, 0) is 9.53 Å². The number of ether oxygens (including phenoxy) is 1. The lowest BCUT2D eigenvalue weighted by Gasteiger charge is -2.03. The van der Waals surface area contributed by atoms with Crippen LogP contribution in [0.2, 0.25) is 5.02 Å². The van der Waals surface area contributed by atoms with E-state index in [9.17, 15) is 9.59 Å². The molecule has 5 heteroatoms. The molecule has 0 saturated heterocycles. The number of hydrogen-bond acceptors (Lipinski definition) is 3. The zero-order chi connectivity index (χ0) is 11.4. The minimum absolute atomic E-state index is 0.251. The van der Waals surface area contributed by atoms with Crippen molar-refractivity contribution in [1.29, 1.82) is 0 Å². The molecule has 0 radical (unpaired) electrons. The van der Waals surface area contributed by atoms with Gasteiger partial charge in [-0.2, -0.15) is 0 Å². The smallest absolute Gasteiger partial charge is 0.341 e. The molecular formula is C10H9ClO4. The minimum Gasteiger partial charge on any atom is -0.479 e. The van der Waals surface area contributed by atoms with Gasteiger partial charge in [0.15, 0.2) is 6.61 Å². The first-order valence-electron chi connectivity index (χ1n) is 4.15. The van der Waals surface area contributed by atoms with Crippen molar-refractivity contribution in [1.82, 2.24) is 0 Å². The van der Waals surface area contributed by atoms with Crippen LogP contribution in [0.1, 0.15) is 15.9 Å². The number of aliphatic carboxylic acids is 1. The van der Waals surface area contributed by atoms with Gasteiger partial charge in [0, 0.05) is 5.02 Å². The van der Waals surface area contributed by atoms with Crippen molar-refractivity contribution in [3.05, 3.63) is 34.3 Å². The molecular weight excluding hydrogens is 220 g/mol. The maximum absolute atomic E-state index is 11.3. The number of benzene rings is 1. The van der Waals surface area contributed by atoms with Crippen LogP contribution in [0, 0.1) is 6.92 Å². The number of carbonyl (C=O) groups excluding carboxylic acids is 1. The molecule has 4 nitrogen and oxygen atoms in total. The molecule has 1 aromatic rings. The molecule has 0 heterocycles. The predicted molar refractivity (Wildman–Crippen MR) is 54.1 cm³/mol. The second-order valence-electron chi connectivity index (χ2n) is 2.99. The number of esters is 1. The van der Waals surface area contributed by atoms with E-state index < -0.39 is 18.5 Å². The Bertz CT molecular complexity index is 380. The Balaban J connectivity index is 2.77. The third-order valence-electron chi connectivity index (χ3n) is 1.60. The molecule has 0 saturated carbocycles. The lowest BCUT2D eigenvalue weighted by Crippen LogP contribution is -2.13. The number of carboxylic acids is 1. The fraction of sp³-hybridized carbons (Fsp3) is 0.200. The third kappa shape index (κ3) is 3.59. The summed E-state index contributed by atoms with van der Waals surface area (Å²) in [7, 11) is 0. The van der Waals surface area contributed by atoms with Gasteiger partial charge in [0.05, 0.1) is 5.56 Å². The molecule has 0 fully saturated rings. The van der Waals surface area contributed by atoms with Crippen LogP contribution in [-0.4, -0.2) is 23.7 Å². The largest absolute Gasteiger partial charge is 0.479 e. The molecule has 0 aliphatic heterocycles. The molecule has 0 spiro atoms. The molecule has 15 heavy (non-hydrogen) atoms. The lowest BCUT2D eigenvalue weighted by atomic mass is 10.1. The first kappa shape index (κ1) is 11.5.